The zero-order valence-electron chi connectivity index (χ0n) is 8.86. The van der Waals surface area contributed by atoms with E-state index in [0.29, 0.717) is 18.2 Å². The van der Waals surface area contributed by atoms with Gasteiger partial charge in [0, 0.05) is 6.04 Å². The number of rotatable bonds is 1. The highest BCUT2D eigenvalue weighted by molar-refractivity contribution is 5.19. The second kappa shape index (κ2) is 3.95. The predicted molar refractivity (Wildman–Crippen MR) is 59.7 cm³/mol. The number of hydrogen-bond donors (Lipinski definition) is 1. The molecule has 1 N–H and O–H groups in total. The van der Waals surface area contributed by atoms with Crippen molar-refractivity contribution in [2.45, 2.75) is 37.5 Å². The minimum absolute atomic E-state index is 0.312. The smallest absolute Gasteiger partial charge is 0.0845 e. The molecule has 15 heavy (non-hydrogen) atoms. The fourth-order valence-electron chi connectivity index (χ4n) is 2.70. The van der Waals surface area contributed by atoms with Crippen molar-refractivity contribution in [2.75, 3.05) is 6.54 Å². The number of hydrogen-bond acceptors (Lipinski definition) is 2. The van der Waals surface area contributed by atoms with Gasteiger partial charge in [0.15, 0.2) is 0 Å². The number of nitrogens with one attached hydrogen (secondary N) is 1. The summed E-state index contributed by atoms with van der Waals surface area (Å²) in [6.45, 7) is 1.16. The van der Waals surface area contributed by atoms with E-state index < -0.39 is 0 Å². The van der Waals surface area contributed by atoms with Gasteiger partial charge < -0.3 is 10.1 Å². The maximum Gasteiger partial charge on any atom is 0.0845 e. The standard InChI is InChI=1S/C13H17NO/c1-2-5-10(6-3-1)13-9-11-12(15-13)7-4-8-14-11/h1-3,5-6,11-14H,4,7-9H2. The van der Waals surface area contributed by atoms with Crippen molar-refractivity contribution in [3.05, 3.63) is 35.9 Å². The van der Waals surface area contributed by atoms with Gasteiger partial charge in [-0.2, -0.15) is 0 Å². The zero-order valence-corrected chi connectivity index (χ0v) is 8.86. The van der Waals surface area contributed by atoms with Crippen LogP contribution in [-0.4, -0.2) is 18.7 Å². The molecule has 80 valence electrons. The lowest BCUT2D eigenvalue weighted by atomic mass is 9.98. The van der Waals surface area contributed by atoms with Crippen LogP contribution in [0.2, 0.25) is 0 Å². The first-order chi connectivity index (χ1) is 7.43. The minimum atomic E-state index is 0.312. The van der Waals surface area contributed by atoms with Gasteiger partial charge in [-0.05, 0) is 31.4 Å². The Bertz CT molecular complexity index is 311. The molecule has 1 aromatic carbocycles. The summed E-state index contributed by atoms with van der Waals surface area (Å²) in [5.41, 5.74) is 1.33. The average molecular weight is 203 g/mol. The van der Waals surface area contributed by atoms with Crippen molar-refractivity contribution in [1.82, 2.24) is 5.32 Å². The van der Waals surface area contributed by atoms with E-state index >= 15 is 0 Å². The minimum Gasteiger partial charge on any atom is -0.369 e. The monoisotopic (exact) mass is 203 g/mol. The molecule has 0 saturated carbocycles. The van der Waals surface area contributed by atoms with Crippen LogP contribution in [0.15, 0.2) is 30.3 Å². The molecule has 0 bridgehead atoms. The maximum atomic E-state index is 6.09. The van der Waals surface area contributed by atoms with E-state index in [1.54, 1.807) is 0 Å². The molecule has 3 rings (SSSR count). The molecule has 0 amide bonds. The Kier molecular flexibility index (Phi) is 2.47. The molecule has 2 heteroatoms. The quantitative estimate of drug-likeness (QED) is 0.756. The van der Waals surface area contributed by atoms with Crippen molar-refractivity contribution in [2.24, 2.45) is 0 Å². The van der Waals surface area contributed by atoms with E-state index in [9.17, 15) is 0 Å². The second-order valence-electron chi connectivity index (χ2n) is 4.51. The third-order valence-corrected chi connectivity index (χ3v) is 3.50. The molecule has 0 spiro atoms. The molecule has 2 saturated heterocycles. The highest BCUT2D eigenvalue weighted by Crippen LogP contribution is 2.35. The summed E-state index contributed by atoms with van der Waals surface area (Å²) < 4.78 is 6.09. The summed E-state index contributed by atoms with van der Waals surface area (Å²) in [6, 6.07) is 11.2. The van der Waals surface area contributed by atoms with E-state index in [4.69, 9.17) is 4.74 Å². The number of benzene rings is 1. The molecule has 0 radical (unpaired) electrons. The summed E-state index contributed by atoms with van der Waals surface area (Å²) in [6.07, 6.45) is 4.37. The maximum absolute atomic E-state index is 6.09. The third-order valence-electron chi connectivity index (χ3n) is 3.50. The lowest BCUT2D eigenvalue weighted by Gasteiger charge is -2.24. The van der Waals surface area contributed by atoms with Crippen molar-refractivity contribution >= 4 is 0 Å². The lowest BCUT2D eigenvalue weighted by molar-refractivity contribution is 0.0259. The van der Waals surface area contributed by atoms with Gasteiger partial charge in [-0.1, -0.05) is 30.3 Å². The summed E-state index contributed by atoms with van der Waals surface area (Å²) in [7, 11) is 0. The van der Waals surface area contributed by atoms with Gasteiger partial charge in [0.1, 0.15) is 0 Å². The molecule has 1 aromatic rings. The average Bonchev–Trinajstić information content (AvgIpc) is 2.74. The van der Waals surface area contributed by atoms with E-state index in [0.717, 1.165) is 13.0 Å². The molecule has 2 nitrogen and oxygen atoms in total. The summed E-state index contributed by atoms with van der Waals surface area (Å²) in [5.74, 6) is 0. The van der Waals surface area contributed by atoms with Crippen molar-refractivity contribution in [1.29, 1.82) is 0 Å². The Balaban J connectivity index is 1.75. The zero-order chi connectivity index (χ0) is 10.1. The highest BCUT2D eigenvalue weighted by atomic mass is 16.5. The Morgan fingerprint density at radius 2 is 2.07 bits per heavy atom. The Morgan fingerprint density at radius 3 is 2.87 bits per heavy atom. The number of piperidine rings is 1. The first kappa shape index (κ1) is 9.37. The number of ether oxygens (including phenoxy) is 1. The molecule has 0 aliphatic carbocycles. The molecule has 3 unspecified atom stereocenters. The van der Waals surface area contributed by atoms with Crippen LogP contribution in [0, 0.1) is 0 Å². The van der Waals surface area contributed by atoms with E-state index in [1.807, 2.05) is 0 Å². The predicted octanol–water partition coefficient (Wildman–Crippen LogP) is 2.27. The van der Waals surface area contributed by atoms with E-state index in [-0.39, 0.29) is 0 Å². The van der Waals surface area contributed by atoms with Gasteiger partial charge in [0.05, 0.1) is 12.2 Å². The number of fused-ring (bicyclic) bond motifs is 1. The molecule has 0 aromatic heterocycles. The van der Waals surface area contributed by atoms with Crippen LogP contribution < -0.4 is 5.32 Å². The van der Waals surface area contributed by atoms with Crippen LogP contribution in [0.5, 0.6) is 0 Å². The molecule has 2 fully saturated rings. The Labute approximate surface area is 90.6 Å². The van der Waals surface area contributed by atoms with Crippen molar-refractivity contribution in [3.8, 4) is 0 Å². The Morgan fingerprint density at radius 1 is 1.20 bits per heavy atom. The summed E-state index contributed by atoms with van der Waals surface area (Å²) >= 11 is 0. The van der Waals surface area contributed by atoms with Gasteiger partial charge in [-0.15, -0.1) is 0 Å². The first-order valence-electron chi connectivity index (χ1n) is 5.87. The first-order valence-corrected chi connectivity index (χ1v) is 5.87. The van der Waals surface area contributed by atoms with Crippen LogP contribution in [0.25, 0.3) is 0 Å². The van der Waals surface area contributed by atoms with Crippen molar-refractivity contribution < 1.29 is 4.74 Å². The fourth-order valence-corrected chi connectivity index (χ4v) is 2.70. The van der Waals surface area contributed by atoms with Crippen molar-refractivity contribution in [3.63, 3.8) is 0 Å². The molecule has 2 aliphatic heterocycles. The van der Waals surface area contributed by atoms with E-state index in [2.05, 4.69) is 35.6 Å². The fraction of sp³-hybridized carbons (Fsp3) is 0.538. The van der Waals surface area contributed by atoms with Crippen LogP contribution in [0.1, 0.15) is 30.9 Å². The van der Waals surface area contributed by atoms with Crippen LogP contribution in [-0.2, 0) is 4.74 Å². The SMILES string of the molecule is c1ccc(C2CC3NCCCC3O2)cc1. The van der Waals surface area contributed by atoms with Gasteiger partial charge >= 0.3 is 0 Å². The summed E-state index contributed by atoms with van der Waals surface area (Å²) in [5, 5.41) is 3.56. The van der Waals surface area contributed by atoms with Gasteiger partial charge in [0.2, 0.25) is 0 Å². The van der Waals surface area contributed by atoms with Gasteiger partial charge in [-0.3, -0.25) is 0 Å². The molecule has 3 atom stereocenters. The lowest BCUT2D eigenvalue weighted by Crippen LogP contribution is -2.41. The van der Waals surface area contributed by atoms with Crippen LogP contribution >= 0.6 is 0 Å². The van der Waals surface area contributed by atoms with E-state index in [1.165, 1.54) is 18.4 Å². The molecule has 2 aliphatic rings. The molecule has 2 heterocycles. The second-order valence-corrected chi connectivity index (χ2v) is 4.51. The highest BCUT2D eigenvalue weighted by Gasteiger charge is 2.36. The Hall–Kier alpha value is -0.860. The third kappa shape index (κ3) is 1.80. The van der Waals surface area contributed by atoms with Gasteiger partial charge in [0.25, 0.3) is 0 Å². The van der Waals surface area contributed by atoms with Gasteiger partial charge in [-0.25, -0.2) is 0 Å². The topological polar surface area (TPSA) is 21.3 Å². The van der Waals surface area contributed by atoms with Crippen LogP contribution in [0.4, 0.5) is 0 Å². The molecular weight excluding hydrogens is 186 g/mol. The van der Waals surface area contributed by atoms with Crippen LogP contribution in [0.3, 0.4) is 0 Å². The normalized spacial score (nSPS) is 35.1. The molecular formula is C13H17NO. The largest absolute Gasteiger partial charge is 0.369 e. The summed E-state index contributed by atoms with van der Waals surface area (Å²) in [4.78, 5) is 0.